The molecule has 0 radical (unpaired) electrons. The van der Waals surface area contributed by atoms with E-state index in [1.807, 2.05) is 0 Å². The molecule has 0 bridgehead atoms. The summed E-state index contributed by atoms with van der Waals surface area (Å²) in [5.41, 5.74) is 5.84. The van der Waals surface area contributed by atoms with Gasteiger partial charge in [-0.05, 0) is 13.0 Å². The van der Waals surface area contributed by atoms with E-state index in [1.54, 1.807) is 7.11 Å². The summed E-state index contributed by atoms with van der Waals surface area (Å²) in [6.07, 6.45) is 1.23. The molecule has 0 aromatic heterocycles. The van der Waals surface area contributed by atoms with Crippen LogP contribution in [-0.4, -0.2) is 44.8 Å². The van der Waals surface area contributed by atoms with Gasteiger partial charge in [-0.25, -0.2) is 0 Å². The SMILES string of the molecule is CCC(C)CN(C)CC(N)COC. The third kappa shape index (κ3) is 6.99. The highest BCUT2D eigenvalue weighted by Crippen LogP contribution is 2.02. The van der Waals surface area contributed by atoms with Crippen LogP contribution in [-0.2, 0) is 4.74 Å². The van der Waals surface area contributed by atoms with Gasteiger partial charge >= 0.3 is 0 Å². The summed E-state index contributed by atoms with van der Waals surface area (Å²) in [4.78, 5) is 2.28. The summed E-state index contributed by atoms with van der Waals surface area (Å²) >= 11 is 0. The van der Waals surface area contributed by atoms with E-state index >= 15 is 0 Å². The van der Waals surface area contributed by atoms with Crippen LogP contribution in [0, 0.1) is 5.92 Å². The average molecular weight is 188 g/mol. The lowest BCUT2D eigenvalue weighted by Gasteiger charge is -2.23. The minimum atomic E-state index is 0.138. The fraction of sp³-hybridized carbons (Fsp3) is 1.00. The van der Waals surface area contributed by atoms with Gasteiger partial charge in [-0.1, -0.05) is 20.3 Å². The Hall–Kier alpha value is -0.120. The highest BCUT2D eigenvalue weighted by atomic mass is 16.5. The fourth-order valence-electron chi connectivity index (χ4n) is 1.40. The van der Waals surface area contributed by atoms with E-state index in [1.165, 1.54) is 6.42 Å². The van der Waals surface area contributed by atoms with E-state index in [0.717, 1.165) is 19.0 Å². The predicted molar refractivity (Wildman–Crippen MR) is 56.8 cm³/mol. The monoisotopic (exact) mass is 188 g/mol. The molecule has 0 amide bonds. The molecule has 2 N–H and O–H groups in total. The third-order valence-electron chi connectivity index (χ3n) is 2.25. The largest absolute Gasteiger partial charge is 0.383 e. The number of methoxy groups -OCH3 is 1. The molecule has 3 nitrogen and oxygen atoms in total. The van der Waals surface area contributed by atoms with Gasteiger partial charge in [-0.3, -0.25) is 0 Å². The minimum absolute atomic E-state index is 0.138. The molecular weight excluding hydrogens is 164 g/mol. The van der Waals surface area contributed by atoms with Crippen molar-refractivity contribution in [3.05, 3.63) is 0 Å². The van der Waals surface area contributed by atoms with Gasteiger partial charge in [0, 0.05) is 26.2 Å². The summed E-state index contributed by atoms with van der Waals surface area (Å²) in [7, 11) is 3.80. The second-order valence-corrected chi connectivity index (χ2v) is 3.95. The van der Waals surface area contributed by atoms with Crippen LogP contribution in [0.1, 0.15) is 20.3 Å². The molecular formula is C10H24N2O. The Morgan fingerprint density at radius 1 is 1.38 bits per heavy atom. The average Bonchev–Trinajstić information content (AvgIpc) is 2.04. The first-order chi connectivity index (χ1) is 6.10. The van der Waals surface area contributed by atoms with Crippen LogP contribution in [0.5, 0.6) is 0 Å². The van der Waals surface area contributed by atoms with Gasteiger partial charge in [0.25, 0.3) is 0 Å². The van der Waals surface area contributed by atoms with Crippen molar-refractivity contribution < 1.29 is 4.74 Å². The molecule has 0 saturated carbocycles. The molecule has 2 atom stereocenters. The van der Waals surface area contributed by atoms with Crippen LogP contribution in [0.3, 0.4) is 0 Å². The molecule has 0 aliphatic carbocycles. The highest BCUT2D eigenvalue weighted by molar-refractivity contribution is 4.66. The van der Waals surface area contributed by atoms with E-state index < -0.39 is 0 Å². The summed E-state index contributed by atoms with van der Waals surface area (Å²) < 4.78 is 4.98. The van der Waals surface area contributed by atoms with Crippen molar-refractivity contribution in [1.82, 2.24) is 4.90 Å². The maximum absolute atomic E-state index is 5.84. The lowest BCUT2D eigenvalue weighted by atomic mass is 10.1. The number of rotatable bonds is 7. The van der Waals surface area contributed by atoms with E-state index in [0.29, 0.717) is 6.61 Å². The molecule has 0 spiro atoms. The first kappa shape index (κ1) is 12.9. The van der Waals surface area contributed by atoms with Crippen molar-refractivity contribution in [2.45, 2.75) is 26.3 Å². The van der Waals surface area contributed by atoms with Gasteiger partial charge in [-0.15, -0.1) is 0 Å². The number of hydrogen-bond donors (Lipinski definition) is 1. The Kier molecular flexibility index (Phi) is 7.23. The Balaban J connectivity index is 3.54. The zero-order valence-electron chi connectivity index (χ0n) is 9.42. The Labute approximate surface area is 82.2 Å². The van der Waals surface area contributed by atoms with Crippen LogP contribution >= 0.6 is 0 Å². The molecule has 3 heteroatoms. The van der Waals surface area contributed by atoms with Crippen LogP contribution in [0.4, 0.5) is 0 Å². The molecule has 0 aliphatic heterocycles. The smallest absolute Gasteiger partial charge is 0.0626 e. The molecule has 0 aliphatic rings. The van der Waals surface area contributed by atoms with Crippen molar-refractivity contribution in [1.29, 1.82) is 0 Å². The Morgan fingerprint density at radius 3 is 2.46 bits per heavy atom. The standard InChI is InChI=1S/C10H24N2O/c1-5-9(2)6-12(3)7-10(11)8-13-4/h9-10H,5-8,11H2,1-4H3. The minimum Gasteiger partial charge on any atom is -0.383 e. The second-order valence-electron chi connectivity index (χ2n) is 3.95. The van der Waals surface area contributed by atoms with E-state index in [-0.39, 0.29) is 6.04 Å². The third-order valence-corrected chi connectivity index (χ3v) is 2.25. The van der Waals surface area contributed by atoms with Crippen LogP contribution < -0.4 is 5.73 Å². The molecule has 80 valence electrons. The number of nitrogens with two attached hydrogens (primary N) is 1. The number of ether oxygens (including phenoxy) is 1. The molecule has 0 heterocycles. The number of nitrogens with zero attached hydrogens (tertiary/aromatic N) is 1. The maximum atomic E-state index is 5.84. The Morgan fingerprint density at radius 2 is 2.00 bits per heavy atom. The summed E-state index contributed by atoms with van der Waals surface area (Å²) in [5.74, 6) is 0.750. The van der Waals surface area contributed by atoms with E-state index in [9.17, 15) is 0 Å². The van der Waals surface area contributed by atoms with Crippen molar-refractivity contribution in [3.63, 3.8) is 0 Å². The fourth-order valence-corrected chi connectivity index (χ4v) is 1.40. The normalized spacial score (nSPS) is 16.2. The van der Waals surface area contributed by atoms with Crippen molar-refractivity contribution in [3.8, 4) is 0 Å². The lowest BCUT2D eigenvalue weighted by Crippen LogP contribution is -2.39. The molecule has 0 aromatic rings. The Bertz CT molecular complexity index is 119. The van der Waals surface area contributed by atoms with Crippen LogP contribution in [0.2, 0.25) is 0 Å². The van der Waals surface area contributed by atoms with Crippen molar-refractivity contribution >= 4 is 0 Å². The number of hydrogen-bond acceptors (Lipinski definition) is 3. The van der Waals surface area contributed by atoms with Crippen molar-refractivity contribution in [2.24, 2.45) is 11.7 Å². The van der Waals surface area contributed by atoms with Crippen LogP contribution in [0.15, 0.2) is 0 Å². The summed E-state index contributed by atoms with van der Waals surface area (Å²) in [5, 5.41) is 0. The maximum Gasteiger partial charge on any atom is 0.0626 e. The highest BCUT2D eigenvalue weighted by Gasteiger charge is 2.08. The van der Waals surface area contributed by atoms with E-state index in [2.05, 4.69) is 25.8 Å². The van der Waals surface area contributed by atoms with E-state index in [4.69, 9.17) is 10.5 Å². The first-order valence-corrected chi connectivity index (χ1v) is 5.03. The lowest BCUT2D eigenvalue weighted by molar-refractivity contribution is 0.156. The number of likely N-dealkylation sites (N-methyl/N-ethyl adjacent to an activating group) is 1. The molecule has 0 saturated heterocycles. The molecule has 0 aromatic carbocycles. The first-order valence-electron chi connectivity index (χ1n) is 5.03. The van der Waals surface area contributed by atoms with Gasteiger partial charge in [-0.2, -0.15) is 0 Å². The zero-order valence-corrected chi connectivity index (χ0v) is 9.42. The van der Waals surface area contributed by atoms with Crippen molar-refractivity contribution in [2.75, 3.05) is 33.9 Å². The van der Waals surface area contributed by atoms with Gasteiger partial charge in [0.05, 0.1) is 6.61 Å². The zero-order chi connectivity index (χ0) is 10.3. The second kappa shape index (κ2) is 7.30. The molecule has 0 rings (SSSR count). The van der Waals surface area contributed by atoms with Gasteiger partial charge < -0.3 is 15.4 Å². The molecule has 13 heavy (non-hydrogen) atoms. The summed E-state index contributed by atoms with van der Waals surface area (Å²) in [6, 6.07) is 0.138. The summed E-state index contributed by atoms with van der Waals surface area (Å²) in [6.45, 7) is 7.16. The van der Waals surface area contributed by atoms with Crippen LogP contribution in [0.25, 0.3) is 0 Å². The quantitative estimate of drug-likeness (QED) is 0.646. The van der Waals surface area contributed by atoms with Gasteiger partial charge in [0.1, 0.15) is 0 Å². The molecule has 2 unspecified atom stereocenters. The predicted octanol–water partition coefficient (Wildman–Crippen LogP) is 0.938. The molecule has 0 fully saturated rings. The van der Waals surface area contributed by atoms with Gasteiger partial charge in [0.2, 0.25) is 0 Å². The topological polar surface area (TPSA) is 38.5 Å². The van der Waals surface area contributed by atoms with Gasteiger partial charge in [0.15, 0.2) is 0 Å².